The van der Waals surface area contributed by atoms with Crippen LogP contribution in [-0.2, 0) is 13.2 Å². The zero-order valence-electron chi connectivity index (χ0n) is 16.2. The van der Waals surface area contributed by atoms with E-state index in [1.165, 1.54) is 43.6 Å². The van der Waals surface area contributed by atoms with Crippen LogP contribution < -0.4 is 4.90 Å². The summed E-state index contributed by atoms with van der Waals surface area (Å²) in [5, 5.41) is 8.43. The van der Waals surface area contributed by atoms with Gasteiger partial charge in [0, 0.05) is 25.3 Å². The second kappa shape index (κ2) is 8.67. The first kappa shape index (κ1) is 18.8. The van der Waals surface area contributed by atoms with Crippen LogP contribution in [0, 0.1) is 4.77 Å². The number of hydrogen-bond donors (Lipinski definition) is 0. The van der Waals surface area contributed by atoms with Crippen LogP contribution in [0.5, 0.6) is 0 Å². The fourth-order valence-corrected chi connectivity index (χ4v) is 3.88. The molecule has 0 saturated carbocycles. The molecule has 7 heteroatoms. The van der Waals surface area contributed by atoms with Crippen molar-refractivity contribution in [1.29, 1.82) is 0 Å². The van der Waals surface area contributed by atoms with Crippen molar-refractivity contribution in [2.75, 3.05) is 25.0 Å². The molecular weight excluding hydrogens is 368 g/mol. The minimum atomic E-state index is 0.596. The van der Waals surface area contributed by atoms with E-state index in [2.05, 4.69) is 51.5 Å². The maximum absolute atomic E-state index is 5.55. The smallest absolute Gasteiger partial charge is 0.221 e. The Morgan fingerprint density at radius 1 is 0.893 bits per heavy atom. The van der Waals surface area contributed by atoms with Gasteiger partial charge in [-0.25, -0.2) is 4.68 Å². The number of benzene rings is 2. The summed E-state index contributed by atoms with van der Waals surface area (Å²) in [4.78, 5) is 4.67. The Balaban J connectivity index is 1.39. The lowest BCUT2D eigenvalue weighted by Gasteiger charge is -2.29. The zero-order chi connectivity index (χ0) is 19.3. The molecular formula is C21H26N6S. The molecule has 0 N–H and O–H groups in total. The Labute approximate surface area is 171 Å². The zero-order valence-corrected chi connectivity index (χ0v) is 17.1. The highest BCUT2D eigenvalue weighted by Gasteiger charge is 2.11. The summed E-state index contributed by atoms with van der Waals surface area (Å²) in [5.41, 5.74) is 3.54. The van der Waals surface area contributed by atoms with Gasteiger partial charge in [-0.05, 0) is 78.8 Å². The third kappa shape index (κ3) is 4.31. The normalized spacial score (nSPS) is 14.6. The number of anilines is 1. The number of piperidine rings is 1. The number of hydrogen-bond acceptors (Lipinski definition) is 5. The number of para-hydroxylation sites is 1. The highest BCUT2D eigenvalue weighted by molar-refractivity contribution is 7.71. The predicted molar refractivity (Wildman–Crippen MR) is 114 cm³/mol. The maximum Gasteiger partial charge on any atom is 0.221 e. The monoisotopic (exact) mass is 394 g/mol. The first-order valence-corrected chi connectivity index (χ1v) is 10.2. The molecule has 6 nitrogen and oxygen atoms in total. The first-order valence-electron chi connectivity index (χ1n) is 9.81. The van der Waals surface area contributed by atoms with E-state index in [1.807, 2.05) is 30.3 Å². The summed E-state index contributed by atoms with van der Waals surface area (Å²) in [5.74, 6) is 0. The summed E-state index contributed by atoms with van der Waals surface area (Å²) in [7, 11) is 2.07. The van der Waals surface area contributed by atoms with Gasteiger partial charge in [0.2, 0.25) is 4.77 Å². The van der Waals surface area contributed by atoms with E-state index < -0.39 is 0 Å². The number of aromatic nitrogens is 4. The molecule has 2 heterocycles. The van der Waals surface area contributed by atoms with Crippen molar-refractivity contribution in [2.24, 2.45) is 0 Å². The van der Waals surface area contributed by atoms with Crippen LogP contribution in [-0.4, -0.2) is 44.8 Å². The quantitative estimate of drug-likeness (QED) is 0.594. The van der Waals surface area contributed by atoms with E-state index in [1.54, 1.807) is 9.36 Å². The van der Waals surface area contributed by atoms with Crippen molar-refractivity contribution in [1.82, 2.24) is 24.7 Å². The minimum Gasteiger partial charge on any atom is -0.372 e. The van der Waals surface area contributed by atoms with Gasteiger partial charge in [-0.2, -0.15) is 4.68 Å². The third-order valence-corrected chi connectivity index (χ3v) is 5.51. The van der Waals surface area contributed by atoms with E-state index in [-0.39, 0.29) is 0 Å². The van der Waals surface area contributed by atoms with Crippen LogP contribution in [0.2, 0.25) is 0 Å². The number of tetrazole rings is 1. The Morgan fingerprint density at radius 2 is 1.61 bits per heavy atom. The summed E-state index contributed by atoms with van der Waals surface area (Å²) in [6.07, 6.45) is 3.96. The number of rotatable bonds is 6. The molecule has 28 heavy (non-hydrogen) atoms. The second-order valence-corrected chi connectivity index (χ2v) is 7.74. The van der Waals surface area contributed by atoms with Gasteiger partial charge in [0.1, 0.15) is 0 Å². The van der Waals surface area contributed by atoms with Gasteiger partial charge in [0.15, 0.2) is 0 Å². The van der Waals surface area contributed by atoms with Crippen LogP contribution in [0.15, 0.2) is 54.6 Å². The molecule has 0 spiro atoms. The Hall–Kier alpha value is -2.51. The molecule has 146 valence electrons. The van der Waals surface area contributed by atoms with Gasteiger partial charge >= 0.3 is 0 Å². The molecule has 1 aromatic heterocycles. The van der Waals surface area contributed by atoms with Crippen LogP contribution in [0.4, 0.5) is 5.69 Å². The number of nitrogens with zero attached hydrogens (tertiary/aromatic N) is 6. The molecule has 0 bridgehead atoms. The first-order chi connectivity index (χ1) is 13.7. The highest BCUT2D eigenvalue weighted by atomic mass is 32.1. The predicted octanol–water partition coefficient (Wildman–Crippen LogP) is 3.88. The molecule has 1 saturated heterocycles. The molecule has 0 atom stereocenters. The molecule has 0 unspecified atom stereocenters. The van der Waals surface area contributed by atoms with Gasteiger partial charge in [0.25, 0.3) is 0 Å². The topological polar surface area (TPSA) is 42.1 Å². The fraction of sp³-hybridized carbons (Fsp3) is 0.381. The summed E-state index contributed by atoms with van der Waals surface area (Å²) in [6, 6.07) is 18.8. The van der Waals surface area contributed by atoms with Crippen molar-refractivity contribution < 1.29 is 0 Å². The van der Waals surface area contributed by atoms with Crippen LogP contribution in [0.25, 0.3) is 5.69 Å². The van der Waals surface area contributed by atoms with Crippen LogP contribution in [0.1, 0.15) is 24.8 Å². The van der Waals surface area contributed by atoms with E-state index in [0.29, 0.717) is 11.4 Å². The molecule has 2 aromatic carbocycles. The molecule has 0 aliphatic carbocycles. The second-order valence-electron chi connectivity index (χ2n) is 7.38. The highest BCUT2D eigenvalue weighted by Crippen LogP contribution is 2.20. The van der Waals surface area contributed by atoms with Crippen molar-refractivity contribution in [3.8, 4) is 5.69 Å². The molecule has 1 fully saturated rings. The minimum absolute atomic E-state index is 0.596. The van der Waals surface area contributed by atoms with E-state index >= 15 is 0 Å². The fourth-order valence-electron chi connectivity index (χ4n) is 3.65. The largest absolute Gasteiger partial charge is 0.372 e. The SMILES string of the molecule is CN(Cc1ccc(N2CCCCC2)cc1)Cn1nnn(-c2ccccc2)c1=S. The molecule has 4 rings (SSSR count). The third-order valence-electron chi connectivity index (χ3n) is 5.13. The average Bonchev–Trinajstić information content (AvgIpc) is 3.10. The lowest BCUT2D eigenvalue weighted by atomic mass is 10.1. The molecule has 1 aliphatic heterocycles. The van der Waals surface area contributed by atoms with E-state index in [4.69, 9.17) is 12.2 Å². The van der Waals surface area contributed by atoms with Gasteiger partial charge in [-0.1, -0.05) is 30.3 Å². The maximum atomic E-state index is 5.55. The molecule has 3 aromatic rings. The summed E-state index contributed by atoms with van der Waals surface area (Å²) >= 11 is 5.55. The molecule has 1 aliphatic rings. The lowest BCUT2D eigenvalue weighted by Crippen LogP contribution is -2.29. The molecule has 0 radical (unpaired) electrons. The van der Waals surface area contributed by atoms with E-state index in [0.717, 1.165) is 12.2 Å². The van der Waals surface area contributed by atoms with Crippen molar-refractivity contribution in [3.05, 3.63) is 64.9 Å². The van der Waals surface area contributed by atoms with Crippen LogP contribution >= 0.6 is 12.2 Å². The summed E-state index contributed by atoms with van der Waals surface area (Å²) < 4.78 is 4.04. The summed E-state index contributed by atoms with van der Waals surface area (Å²) in [6.45, 7) is 3.78. The Morgan fingerprint density at radius 3 is 2.32 bits per heavy atom. The Kier molecular flexibility index (Phi) is 5.83. The van der Waals surface area contributed by atoms with Gasteiger partial charge in [0.05, 0.1) is 12.4 Å². The van der Waals surface area contributed by atoms with Gasteiger partial charge in [-0.3, -0.25) is 4.90 Å². The Bertz CT molecular complexity index is 941. The van der Waals surface area contributed by atoms with Crippen molar-refractivity contribution >= 4 is 17.9 Å². The van der Waals surface area contributed by atoms with Crippen molar-refractivity contribution in [2.45, 2.75) is 32.5 Å². The molecule has 0 amide bonds. The standard InChI is InChI=1S/C21H26N6S/c1-24(16-18-10-12-19(13-11-18)25-14-6-3-7-15-25)17-26-21(28)27(23-22-26)20-8-4-2-5-9-20/h2,4-5,8-13H,3,6-7,14-17H2,1H3. The van der Waals surface area contributed by atoms with Crippen LogP contribution in [0.3, 0.4) is 0 Å². The van der Waals surface area contributed by atoms with Crippen molar-refractivity contribution in [3.63, 3.8) is 0 Å². The average molecular weight is 395 g/mol. The van der Waals surface area contributed by atoms with Gasteiger partial charge in [-0.15, -0.1) is 0 Å². The van der Waals surface area contributed by atoms with Gasteiger partial charge < -0.3 is 4.90 Å². The van der Waals surface area contributed by atoms with E-state index in [9.17, 15) is 0 Å². The lowest BCUT2D eigenvalue weighted by molar-refractivity contribution is 0.242.